The molecule has 34 heavy (non-hydrogen) atoms. The average molecular weight is 626 g/mol. The minimum atomic E-state index is -3.71. The minimum absolute atomic E-state index is 0.0946. The summed E-state index contributed by atoms with van der Waals surface area (Å²) in [5, 5.41) is 23.4. The van der Waals surface area contributed by atoms with Crippen molar-refractivity contribution in [2.24, 2.45) is 0 Å². The van der Waals surface area contributed by atoms with Crippen molar-refractivity contribution >= 4 is 76.8 Å². The van der Waals surface area contributed by atoms with E-state index in [9.17, 15) is 28.4 Å². The van der Waals surface area contributed by atoms with E-state index in [-0.39, 0.29) is 15.6 Å². The van der Waals surface area contributed by atoms with Gasteiger partial charge in [-0.3, -0.25) is 14.9 Å². The standard InChI is InChI=1S/C22H14Br2N2O6S2/c23-15-2-1-3-16(24)14(15)11-34(31,32)13-5-6-17-20(10-13)33-21(22(28)25-17)9-12-4-7-19(27)18(8-12)26(29)30/h1-10,27H,11H2,(H,25,28)/b21-9+. The first-order valence-corrected chi connectivity index (χ1v) is 13.6. The molecule has 0 aliphatic carbocycles. The smallest absolute Gasteiger partial charge is 0.311 e. The largest absolute Gasteiger partial charge is 0.502 e. The highest BCUT2D eigenvalue weighted by Gasteiger charge is 2.25. The number of nitrogens with zero attached hydrogens (tertiary/aromatic N) is 1. The highest BCUT2D eigenvalue weighted by molar-refractivity contribution is 9.11. The Balaban J connectivity index is 1.67. The van der Waals surface area contributed by atoms with Crippen LogP contribution in [0.4, 0.5) is 11.4 Å². The number of hydrogen-bond acceptors (Lipinski definition) is 7. The molecule has 3 aromatic carbocycles. The van der Waals surface area contributed by atoms with Crippen molar-refractivity contribution < 1.29 is 23.2 Å². The average Bonchev–Trinajstić information content (AvgIpc) is 2.77. The van der Waals surface area contributed by atoms with Gasteiger partial charge in [0.2, 0.25) is 0 Å². The zero-order chi connectivity index (χ0) is 24.6. The maximum atomic E-state index is 13.1. The van der Waals surface area contributed by atoms with Gasteiger partial charge in [0.05, 0.1) is 26.2 Å². The number of thioether (sulfide) groups is 1. The number of nitro groups is 1. The van der Waals surface area contributed by atoms with Gasteiger partial charge < -0.3 is 10.4 Å². The molecule has 1 aliphatic heterocycles. The van der Waals surface area contributed by atoms with Crippen LogP contribution in [-0.2, 0) is 20.4 Å². The molecular weight excluding hydrogens is 612 g/mol. The van der Waals surface area contributed by atoms with Gasteiger partial charge in [-0.1, -0.05) is 55.8 Å². The normalized spacial score (nSPS) is 14.5. The van der Waals surface area contributed by atoms with Crippen molar-refractivity contribution in [1.29, 1.82) is 0 Å². The molecule has 3 aromatic rings. The maximum absolute atomic E-state index is 13.1. The van der Waals surface area contributed by atoms with Gasteiger partial charge in [-0.05, 0) is 53.6 Å². The van der Waals surface area contributed by atoms with Crippen LogP contribution in [0.25, 0.3) is 6.08 Å². The third kappa shape index (κ3) is 5.04. The van der Waals surface area contributed by atoms with E-state index in [2.05, 4.69) is 37.2 Å². The first kappa shape index (κ1) is 24.5. The number of rotatable bonds is 5. The van der Waals surface area contributed by atoms with Gasteiger partial charge in [-0.15, -0.1) is 0 Å². The molecule has 8 nitrogen and oxygen atoms in total. The van der Waals surface area contributed by atoms with E-state index >= 15 is 0 Å². The Kier molecular flexibility index (Phi) is 6.85. The lowest BCUT2D eigenvalue weighted by Gasteiger charge is -2.19. The summed E-state index contributed by atoms with van der Waals surface area (Å²) in [5.74, 6) is -1.14. The Hall–Kier alpha value is -2.67. The van der Waals surface area contributed by atoms with E-state index in [1.54, 1.807) is 18.2 Å². The SMILES string of the molecule is O=C1Nc2ccc(S(=O)(=O)Cc3c(Br)cccc3Br)cc2S/C1=C/c1ccc(O)c([N+](=O)[O-])c1. The van der Waals surface area contributed by atoms with Crippen molar-refractivity contribution in [2.45, 2.75) is 15.5 Å². The number of aromatic hydroxyl groups is 1. The molecule has 1 aliphatic rings. The molecule has 0 saturated heterocycles. The maximum Gasteiger partial charge on any atom is 0.311 e. The fraction of sp³-hybridized carbons (Fsp3) is 0.0455. The molecule has 0 radical (unpaired) electrons. The zero-order valence-electron chi connectivity index (χ0n) is 17.0. The van der Waals surface area contributed by atoms with Crippen LogP contribution < -0.4 is 5.32 Å². The van der Waals surface area contributed by atoms with Crippen molar-refractivity contribution in [3.05, 3.63) is 89.7 Å². The van der Waals surface area contributed by atoms with Crippen LogP contribution in [0.5, 0.6) is 5.75 Å². The summed E-state index contributed by atoms with van der Waals surface area (Å²) in [7, 11) is -3.71. The Morgan fingerprint density at radius 3 is 2.47 bits per heavy atom. The number of hydrogen-bond donors (Lipinski definition) is 2. The van der Waals surface area contributed by atoms with Gasteiger partial charge in [0, 0.05) is 19.9 Å². The molecule has 1 heterocycles. The van der Waals surface area contributed by atoms with Crippen LogP contribution in [-0.4, -0.2) is 24.4 Å². The van der Waals surface area contributed by atoms with Crippen molar-refractivity contribution in [2.75, 3.05) is 5.32 Å². The van der Waals surface area contributed by atoms with Crippen LogP contribution in [0, 0.1) is 10.1 Å². The first-order valence-electron chi connectivity index (χ1n) is 9.53. The van der Waals surface area contributed by atoms with Gasteiger partial charge >= 0.3 is 5.69 Å². The minimum Gasteiger partial charge on any atom is -0.502 e. The Morgan fingerprint density at radius 1 is 1.09 bits per heavy atom. The summed E-state index contributed by atoms with van der Waals surface area (Å²) in [6.45, 7) is 0. The molecule has 0 saturated carbocycles. The highest BCUT2D eigenvalue weighted by atomic mass is 79.9. The lowest BCUT2D eigenvalue weighted by Crippen LogP contribution is -2.17. The number of carbonyl (C=O) groups excluding carboxylic acids is 1. The second-order valence-electron chi connectivity index (χ2n) is 7.19. The molecule has 4 rings (SSSR count). The summed E-state index contributed by atoms with van der Waals surface area (Å²) in [4.78, 5) is 23.7. The van der Waals surface area contributed by atoms with Gasteiger partial charge in [-0.25, -0.2) is 8.42 Å². The molecule has 0 fully saturated rings. The summed E-state index contributed by atoms with van der Waals surface area (Å²) < 4.78 is 27.6. The molecular formula is C22H14Br2N2O6S2. The third-order valence-electron chi connectivity index (χ3n) is 4.89. The van der Waals surface area contributed by atoms with E-state index in [4.69, 9.17) is 0 Å². The van der Waals surface area contributed by atoms with Gasteiger partial charge in [0.15, 0.2) is 15.6 Å². The fourth-order valence-corrected chi connectivity index (χ4v) is 7.34. The quantitative estimate of drug-likeness (QED) is 0.206. The Bertz CT molecular complexity index is 1470. The fourth-order valence-electron chi connectivity index (χ4n) is 3.20. The van der Waals surface area contributed by atoms with Crippen LogP contribution in [0.2, 0.25) is 0 Å². The number of halogens is 2. The van der Waals surface area contributed by atoms with Crippen LogP contribution in [0.3, 0.4) is 0 Å². The number of amides is 1. The number of anilines is 1. The molecule has 1 amide bonds. The van der Waals surface area contributed by atoms with E-state index in [0.29, 0.717) is 30.7 Å². The number of phenols is 1. The summed E-state index contributed by atoms with van der Waals surface area (Å²) >= 11 is 7.83. The van der Waals surface area contributed by atoms with Crippen molar-refractivity contribution in [1.82, 2.24) is 0 Å². The van der Waals surface area contributed by atoms with E-state index in [0.717, 1.165) is 17.8 Å². The number of benzene rings is 3. The number of carbonyl (C=O) groups is 1. The molecule has 2 N–H and O–H groups in total. The van der Waals surface area contributed by atoms with Gasteiger partial charge in [0.25, 0.3) is 5.91 Å². The predicted octanol–water partition coefficient (Wildman–Crippen LogP) is 5.88. The first-order chi connectivity index (χ1) is 16.0. The summed E-state index contributed by atoms with van der Waals surface area (Å²) in [6, 6.07) is 13.6. The van der Waals surface area contributed by atoms with E-state index in [1.165, 1.54) is 36.4 Å². The van der Waals surface area contributed by atoms with Crippen LogP contribution >= 0.6 is 43.6 Å². The van der Waals surface area contributed by atoms with Crippen LogP contribution in [0.15, 0.2) is 78.2 Å². The number of nitro benzene ring substituents is 1. The van der Waals surface area contributed by atoms with Crippen molar-refractivity contribution in [3.63, 3.8) is 0 Å². The number of phenolic OH excluding ortho intramolecular Hbond substituents is 1. The lowest BCUT2D eigenvalue weighted by atomic mass is 10.1. The van der Waals surface area contributed by atoms with Crippen molar-refractivity contribution in [3.8, 4) is 5.75 Å². The monoisotopic (exact) mass is 624 g/mol. The molecule has 174 valence electrons. The molecule has 0 atom stereocenters. The Morgan fingerprint density at radius 2 is 1.79 bits per heavy atom. The molecule has 0 bridgehead atoms. The third-order valence-corrected chi connectivity index (χ3v) is 9.10. The highest BCUT2D eigenvalue weighted by Crippen LogP contribution is 2.41. The lowest BCUT2D eigenvalue weighted by molar-refractivity contribution is -0.385. The summed E-state index contributed by atoms with van der Waals surface area (Å²) in [6.07, 6.45) is 1.44. The molecule has 0 spiro atoms. The van der Waals surface area contributed by atoms with Crippen LogP contribution in [0.1, 0.15) is 11.1 Å². The van der Waals surface area contributed by atoms with Gasteiger partial charge in [0.1, 0.15) is 0 Å². The zero-order valence-corrected chi connectivity index (χ0v) is 21.8. The molecule has 0 aromatic heterocycles. The van der Waals surface area contributed by atoms with E-state index in [1.807, 2.05) is 0 Å². The number of nitrogens with one attached hydrogen (secondary N) is 1. The number of fused-ring (bicyclic) bond motifs is 1. The summed E-state index contributed by atoms with van der Waals surface area (Å²) in [5.41, 5.74) is 0.913. The topological polar surface area (TPSA) is 127 Å². The predicted molar refractivity (Wildman–Crippen MR) is 136 cm³/mol. The van der Waals surface area contributed by atoms with E-state index < -0.39 is 32.1 Å². The molecule has 12 heteroatoms. The second kappa shape index (κ2) is 9.53. The molecule has 0 unspecified atom stereocenters. The Labute approximate surface area is 215 Å². The second-order valence-corrected chi connectivity index (χ2v) is 12.0. The number of sulfone groups is 1. The van der Waals surface area contributed by atoms with Gasteiger partial charge in [-0.2, -0.15) is 0 Å².